The van der Waals surface area contributed by atoms with E-state index in [1.165, 1.54) is 9.70 Å². The van der Waals surface area contributed by atoms with Crippen molar-refractivity contribution < 1.29 is 19.4 Å². The molecule has 0 atom stereocenters. The van der Waals surface area contributed by atoms with Gasteiger partial charge in [0.1, 0.15) is 34.3 Å². The normalized spacial score (nSPS) is 18.1. The maximum absolute atomic E-state index is 13.9. The highest BCUT2D eigenvalue weighted by Crippen LogP contribution is 2.39. The number of carbonyl (C=O) groups is 2. The first kappa shape index (κ1) is 26.2. The molecule has 1 fully saturated rings. The second-order valence-corrected chi connectivity index (χ2v) is 12.5. The number of para-hydroxylation sites is 2. The molecule has 2 amide bonds. The average Bonchev–Trinajstić information content (AvgIpc) is 3.34. The standard InChI is InChI=1S/C33H31N5O4/c1-32(2)17-20(18-33(3,4)36-32)42-28-15-13-23-29-21(28)8-7-9-22(29)30(40)37(31(23)41)19-12-14-24-25(16-19)35-38(34-24)26-10-5-6-11-27(26)39/h5-16,20,36,39H,17-18H2,1-4H3. The molecule has 7 rings (SSSR count). The molecule has 9 heteroatoms. The minimum atomic E-state index is -0.410. The lowest BCUT2D eigenvalue weighted by Crippen LogP contribution is -2.60. The molecule has 42 heavy (non-hydrogen) atoms. The molecular formula is C33H31N5O4. The number of carbonyl (C=O) groups excluding carboxylic acids is 2. The average molecular weight is 562 g/mol. The van der Waals surface area contributed by atoms with Crippen LogP contribution in [0.4, 0.5) is 5.69 Å². The third-order valence-corrected chi connectivity index (χ3v) is 8.03. The van der Waals surface area contributed by atoms with Crippen LogP contribution in [0.5, 0.6) is 11.5 Å². The zero-order valence-electron chi connectivity index (χ0n) is 23.9. The van der Waals surface area contributed by atoms with Gasteiger partial charge in [0, 0.05) is 45.8 Å². The van der Waals surface area contributed by atoms with Crippen LogP contribution in [-0.4, -0.2) is 49.1 Å². The predicted octanol–water partition coefficient (Wildman–Crippen LogP) is 5.77. The molecule has 0 bridgehead atoms. The highest BCUT2D eigenvalue weighted by Gasteiger charge is 2.40. The number of aromatic nitrogens is 3. The Morgan fingerprint density at radius 3 is 2.26 bits per heavy atom. The van der Waals surface area contributed by atoms with E-state index in [4.69, 9.17) is 4.74 Å². The zero-order valence-corrected chi connectivity index (χ0v) is 23.9. The molecule has 0 unspecified atom stereocenters. The Morgan fingerprint density at radius 2 is 1.52 bits per heavy atom. The third kappa shape index (κ3) is 4.28. The predicted molar refractivity (Wildman–Crippen MR) is 161 cm³/mol. The molecule has 2 aliphatic rings. The summed E-state index contributed by atoms with van der Waals surface area (Å²) >= 11 is 0. The molecule has 0 aliphatic carbocycles. The number of hydrogen-bond acceptors (Lipinski definition) is 7. The van der Waals surface area contributed by atoms with Crippen molar-refractivity contribution in [3.05, 3.63) is 83.9 Å². The summed E-state index contributed by atoms with van der Waals surface area (Å²) in [5.74, 6) is -0.107. The topological polar surface area (TPSA) is 110 Å². The van der Waals surface area contributed by atoms with E-state index in [0.717, 1.165) is 18.2 Å². The van der Waals surface area contributed by atoms with Gasteiger partial charge in [0.15, 0.2) is 0 Å². The number of phenolic OH excluding ortho intramolecular Hbond substituents is 1. The summed E-state index contributed by atoms with van der Waals surface area (Å²) in [6, 6.07) is 20.9. The summed E-state index contributed by atoms with van der Waals surface area (Å²) in [7, 11) is 0. The number of anilines is 1. The van der Waals surface area contributed by atoms with Gasteiger partial charge in [-0.3, -0.25) is 9.59 Å². The Morgan fingerprint density at radius 1 is 0.833 bits per heavy atom. The second kappa shape index (κ2) is 9.12. The quantitative estimate of drug-likeness (QED) is 0.268. The highest BCUT2D eigenvalue weighted by molar-refractivity contribution is 6.36. The fourth-order valence-electron chi connectivity index (χ4n) is 6.68. The molecule has 9 nitrogen and oxygen atoms in total. The van der Waals surface area contributed by atoms with Crippen LogP contribution in [0.1, 0.15) is 61.3 Å². The molecule has 4 aromatic carbocycles. The Hall–Kier alpha value is -4.76. The van der Waals surface area contributed by atoms with E-state index in [1.54, 1.807) is 54.6 Å². The maximum atomic E-state index is 13.9. The molecule has 2 aliphatic heterocycles. The fourth-order valence-corrected chi connectivity index (χ4v) is 6.68. The summed E-state index contributed by atoms with van der Waals surface area (Å²) in [4.78, 5) is 30.3. The SMILES string of the molecule is CC1(C)CC(Oc2ccc3c4c(cccc24)C(=O)N(c2ccc4nn(-c5ccccc5O)nc4c2)C3=O)CC(C)(C)N1. The van der Waals surface area contributed by atoms with Crippen molar-refractivity contribution in [2.24, 2.45) is 0 Å². The summed E-state index contributed by atoms with van der Waals surface area (Å²) in [6.45, 7) is 8.71. The number of nitrogens with zero attached hydrogens (tertiary/aromatic N) is 4. The number of hydrogen-bond donors (Lipinski definition) is 2. The van der Waals surface area contributed by atoms with E-state index >= 15 is 0 Å². The Bertz CT molecular complexity index is 1890. The largest absolute Gasteiger partial charge is 0.506 e. The number of imide groups is 1. The number of benzene rings is 4. The number of ether oxygens (including phenoxy) is 1. The number of nitrogens with one attached hydrogen (secondary N) is 1. The van der Waals surface area contributed by atoms with E-state index in [1.807, 2.05) is 18.2 Å². The number of rotatable bonds is 4. The number of piperidine rings is 1. The van der Waals surface area contributed by atoms with Gasteiger partial charge in [-0.2, -0.15) is 0 Å². The van der Waals surface area contributed by atoms with Crippen molar-refractivity contribution in [1.82, 2.24) is 20.3 Å². The molecule has 5 aromatic rings. The zero-order chi connectivity index (χ0) is 29.4. The van der Waals surface area contributed by atoms with E-state index in [0.29, 0.717) is 44.7 Å². The molecule has 0 saturated carbocycles. The first-order chi connectivity index (χ1) is 20.0. The minimum Gasteiger partial charge on any atom is -0.506 e. The molecule has 3 heterocycles. The molecule has 2 N–H and O–H groups in total. The van der Waals surface area contributed by atoms with Gasteiger partial charge in [0.2, 0.25) is 0 Å². The van der Waals surface area contributed by atoms with Crippen LogP contribution in [0.2, 0.25) is 0 Å². The number of fused-ring (bicyclic) bond motifs is 1. The maximum Gasteiger partial charge on any atom is 0.265 e. The van der Waals surface area contributed by atoms with Crippen LogP contribution in [0, 0.1) is 0 Å². The van der Waals surface area contributed by atoms with E-state index in [2.05, 4.69) is 43.2 Å². The minimum absolute atomic E-state index is 0.0160. The second-order valence-electron chi connectivity index (χ2n) is 12.5. The number of amides is 2. The Labute approximate surface area is 242 Å². The van der Waals surface area contributed by atoms with Crippen molar-refractivity contribution in [2.75, 3.05) is 4.90 Å². The van der Waals surface area contributed by atoms with Crippen LogP contribution in [0.25, 0.3) is 27.5 Å². The molecular weight excluding hydrogens is 530 g/mol. The van der Waals surface area contributed by atoms with Crippen LogP contribution in [-0.2, 0) is 0 Å². The lowest BCUT2D eigenvalue weighted by atomic mass is 9.81. The van der Waals surface area contributed by atoms with Gasteiger partial charge in [0.25, 0.3) is 11.8 Å². The van der Waals surface area contributed by atoms with Crippen molar-refractivity contribution in [3.63, 3.8) is 0 Å². The van der Waals surface area contributed by atoms with Crippen LogP contribution in [0.15, 0.2) is 72.8 Å². The van der Waals surface area contributed by atoms with Crippen molar-refractivity contribution >= 4 is 39.3 Å². The summed E-state index contributed by atoms with van der Waals surface area (Å²) in [5.41, 5.74) is 2.58. The highest BCUT2D eigenvalue weighted by atomic mass is 16.5. The monoisotopic (exact) mass is 561 g/mol. The third-order valence-electron chi connectivity index (χ3n) is 8.03. The molecule has 1 saturated heterocycles. The number of aromatic hydroxyl groups is 1. The lowest BCUT2D eigenvalue weighted by Gasteiger charge is -2.46. The van der Waals surface area contributed by atoms with Gasteiger partial charge < -0.3 is 15.2 Å². The van der Waals surface area contributed by atoms with Crippen LogP contribution < -0.4 is 15.0 Å². The van der Waals surface area contributed by atoms with E-state index in [9.17, 15) is 14.7 Å². The fraction of sp³-hybridized carbons (Fsp3) is 0.273. The Kier molecular flexibility index (Phi) is 5.68. The number of phenols is 1. The summed E-state index contributed by atoms with van der Waals surface area (Å²) in [5, 5.41) is 24.2. The van der Waals surface area contributed by atoms with Crippen molar-refractivity contribution in [3.8, 4) is 17.2 Å². The van der Waals surface area contributed by atoms with Gasteiger partial charge in [0.05, 0.1) is 5.69 Å². The molecule has 0 radical (unpaired) electrons. The first-order valence-corrected chi connectivity index (χ1v) is 14.1. The van der Waals surface area contributed by atoms with Gasteiger partial charge in [-0.1, -0.05) is 24.3 Å². The van der Waals surface area contributed by atoms with Crippen LogP contribution in [0.3, 0.4) is 0 Å². The molecule has 1 aromatic heterocycles. The lowest BCUT2D eigenvalue weighted by molar-refractivity contribution is 0.0569. The van der Waals surface area contributed by atoms with Gasteiger partial charge >= 0.3 is 0 Å². The molecule has 0 spiro atoms. The molecule has 212 valence electrons. The Balaban J connectivity index is 1.25. The van der Waals surface area contributed by atoms with Crippen molar-refractivity contribution in [2.45, 2.75) is 57.7 Å². The van der Waals surface area contributed by atoms with E-state index < -0.39 is 11.8 Å². The first-order valence-electron chi connectivity index (χ1n) is 14.1. The smallest absolute Gasteiger partial charge is 0.265 e. The van der Waals surface area contributed by atoms with Gasteiger partial charge in [-0.15, -0.1) is 15.0 Å². The van der Waals surface area contributed by atoms with Gasteiger partial charge in [-0.05, 0) is 76.2 Å². The van der Waals surface area contributed by atoms with Crippen molar-refractivity contribution in [1.29, 1.82) is 0 Å². The van der Waals surface area contributed by atoms with Gasteiger partial charge in [-0.25, -0.2) is 4.90 Å². The van der Waals surface area contributed by atoms with E-state index in [-0.39, 0.29) is 22.9 Å². The van der Waals surface area contributed by atoms with Crippen LogP contribution >= 0.6 is 0 Å². The summed E-state index contributed by atoms with van der Waals surface area (Å²) in [6.07, 6.45) is 1.65. The summed E-state index contributed by atoms with van der Waals surface area (Å²) < 4.78 is 6.58.